The van der Waals surface area contributed by atoms with Crippen LogP contribution in [0.2, 0.25) is 0 Å². The Morgan fingerprint density at radius 3 is 2.47 bits per heavy atom. The fraction of sp³-hybridized carbons (Fsp3) is 0.121. The molecule has 0 saturated heterocycles. The van der Waals surface area contributed by atoms with Crippen molar-refractivity contribution in [2.75, 3.05) is 7.11 Å². The normalized spacial score (nSPS) is 11.7. The standard InChI is InChI=1S/C33H28FN3O4S2/c1-22-6-12-27(13-7-22)43(38,39)37-17-15-28-29(21-41-20-23-8-10-25(40-2)11-9-23)33(30(34)19-32(28)37)42-26-5-3-4-24(18-26)31-14-16-35-36-31/h3-19H,20-21H2,1-2H3,(H,35,36). The number of hydrogen-bond donors (Lipinski definition) is 1. The second-order valence-electron chi connectivity index (χ2n) is 9.97. The number of nitrogens with one attached hydrogen (secondary N) is 1. The molecule has 2 heterocycles. The van der Waals surface area contributed by atoms with E-state index in [-0.39, 0.29) is 23.6 Å². The molecule has 1 N–H and O–H groups in total. The van der Waals surface area contributed by atoms with Gasteiger partial charge in [-0.3, -0.25) is 5.10 Å². The van der Waals surface area contributed by atoms with Crippen molar-refractivity contribution in [1.82, 2.24) is 14.2 Å². The van der Waals surface area contributed by atoms with Crippen molar-refractivity contribution in [3.8, 4) is 17.0 Å². The topological polar surface area (TPSA) is 86.2 Å². The number of aromatic nitrogens is 3. The average molecular weight is 614 g/mol. The van der Waals surface area contributed by atoms with E-state index in [0.29, 0.717) is 15.8 Å². The molecule has 0 spiro atoms. The van der Waals surface area contributed by atoms with Crippen LogP contribution < -0.4 is 4.74 Å². The van der Waals surface area contributed by atoms with Crippen LogP contribution in [-0.4, -0.2) is 29.7 Å². The predicted molar refractivity (Wildman–Crippen MR) is 165 cm³/mol. The summed E-state index contributed by atoms with van der Waals surface area (Å²) in [6.45, 7) is 2.24. The highest BCUT2D eigenvalue weighted by Gasteiger charge is 2.24. The number of methoxy groups -OCH3 is 1. The van der Waals surface area contributed by atoms with Gasteiger partial charge >= 0.3 is 0 Å². The Bertz CT molecular complexity index is 1990. The zero-order valence-electron chi connectivity index (χ0n) is 23.5. The Morgan fingerprint density at radius 1 is 0.953 bits per heavy atom. The van der Waals surface area contributed by atoms with E-state index in [0.717, 1.165) is 37.0 Å². The van der Waals surface area contributed by atoms with Crippen LogP contribution in [0.4, 0.5) is 4.39 Å². The first-order valence-electron chi connectivity index (χ1n) is 13.5. The fourth-order valence-corrected chi connectivity index (χ4v) is 7.17. The Kier molecular flexibility index (Phi) is 8.07. The van der Waals surface area contributed by atoms with Gasteiger partial charge in [0, 0.05) is 39.9 Å². The molecule has 2 aromatic heterocycles. The first kappa shape index (κ1) is 28.7. The number of fused-ring (bicyclic) bond motifs is 1. The molecule has 0 amide bonds. The van der Waals surface area contributed by atoms with Crippen LogP contribution in [0.5, 0.6) is 5.75 Å². The summed E-state index contributed by atoms with van der Waals surface area (Å²) in [7, 11) is -2.36. The molecule has 0 atom stereocenters. The number of rotatable bonds is 10. The van der Waals surface area contributed by atoms with Gasteiger partial charge in [-0.1, -0.05) is 53.7 Å². The van der Waals surface area contributed by atoms with Gasteiger partial charge in [-0.2, -0.15) is 5.10 Å². The third-order valence-electron chi connectivity index (χ3n) is 7.09. The highest BCUT2D eigenvalue weighted by molar-refractivity contribution is 7.99. The van der Waals surface area contributed by atoms with Gasteiger partial charge in [0.25, 0.3) is 10.0 Å². The Balaban J connectivity index is 1.40. The van der Waals surface area contributed by atoms with Crippen LogP contribution in [0.25, 0.3) is 22.2 Å². The molecule has 0 saturated carbocycles. The van der Waals surface area contributed by atoms with Crippen molar-refractivity contribution in [1.29, 1.82) is 0 Å². The summed E-state index contributed by atoms with van der Waals surface area (Å²) in [5, 5.41) is 7.58. The predicted octanol–water partition coefficient (Wildman–Crippen LogP) is 7.59. The first-order chi connectivity index (χ1) is 20.8. The lowest BCUT2D eigenvalue weighted by atomic mass is 10.1. The highest BCUT2D eigenvalue weighted by Crippen LogP contribution is 2.39. The van der Waals surface area contributed by atoms with E-state index in [2.05, 4.69) is 10.2 Å². The van der Waals surface area contributed by atoms with Gasteiger partial charge in [0.05, 0.1) is 41.3 Å². The molecule has 218 valence electrons. The number of ether oxygens (including phenoxy) is 2. The SMILES string of the molecule is COc1ccc(COCc2c(Sc3cccc(-c4ccn[nH]4)c3)c(F)cc3c2ccn3S(=O)(=O)c2ccc(C)cc2)cc1. The maximum absolute atomic E-state index is 16.1. The number of aryl methyl sites for hydroxylation is 1. The van der Waals surface area contributed by atoms with Crippen LogP contribution in [0.15, 0.2) is 118 Å². The molecule has 4 aromatic carbocycles. The molecule has 0 unspecified atom stereocenters. The van der Waals surface area contributed by atoms with Crippen LogP contribution in [0, 0.1) is 12.7 Å². The minimum absolute atomic E-state index is 0.0669. The Morgan fingerprint density at radius 2 is 1.74 bits per heavy atom. The molecular weight excluding hydrogens is 586 g/mol. The molecule has 6 aromatic rings. The van der Waals surface area contributed by atoms with E-state index >= 15 is 4.39 Å². The van der Waals surface area contributed by atoms with Crippen molar-refractivity contribution < 1.29 is 22.3 Å². The number of aromatic amines is 1. The lowest BCUT2D eigenvalue weighted by Crippen LogP contribution is -2.12. The van der Waals surface area contributed by atoms with E-state index < -0.39 is 15.8 Å². The van der Waals surface area contributed by atoms with E-state index in [1.807, 2.05) is 61.5 Å². The summed E-state index contributed by atoms with van der Waals surface area (Å²) in [6.07, 6.45) is 3.15. The van der Waals surface area contributed by atoms with Crippen LogP contribution in [0.3, 0.4) is 0 Å². The third kappa shape index (κ3) is 5.94. The van der Waals surface area contributed by atoms with Gasteiger partial charge in [-0.05, 0) is 61.0 Å². The van der Waals surface area contributed by atoms with Crippen LogP contribution in [0.1, 0.15) is 16.7 Å². The van der Waals surface area contributed by atoms with Crippen molar-refractivity contribution in [2.24, 2.45) is 0 Å². The maximum Gasteiger partial charge on any atom is 0.268 e. The van der Waals surface area contributed by atoms with Gasteiger partial charge in [0.1, 0.15) is 11.6 Å². The quantitative estimate of drug-likeness (QED) is 0.171. The number of benzene rings is 4. The largest absolute Gasteiger partial charge is 0.497 e. The van der Waals surface area contributed by atoms with E-state index in [4.69, 9.17) is 9.47 Å². The van der Waals surface area contributed by atoms with Gasteiger partial charge < -0.3 is 9.47 Å². The third-order valence-corrected chi connectivity index (χ3v) is 9.93. The number of H-pyrrole nitrogens is 1. The second-order valence-corrected chi connectivity index (χ2v) is 12.9. The fourth-order valence-electron chi connectivity index (χ4n) is 4.82. The summed E-state index contributed by atoms with van der Waals surface area (Å²) < 4.78 is 55.7. The average Bonchev–Trinajstić information content (AvgIpc) is 3.71. The summed E-state index contributed by atoms with van der Waals surface area (Å²) in [6, 6.07) is 26.7. The van der Waals surface area contributed by atoms with Gasteiger partial charge in [-0.25, -0.2) is 16.8 Å². The maximum atomic E-state index is 16.1. The minimum Gasteiger partial charge on any atom is -0.497 e. The Labute approximate surface area is 253 Å². The molecule has 0 fully saturated rings. The minimum atomic E-state index is -3.96. The van der Waals surface area contributed by atoms with Crippen LogP contribution in [-0.2, 0) is 28.0 Å². The van der Waals surface area contributed by atoms with E-state index in [9.17, 15) is 8.42 Å². The van der Waals surface area contributed by atoms with E-state index in [1.54, 1.807) is 43.6 Å². The monoisotopic (exact) mass is 613 g/mol. The highest BCUT2D eigenvalue weighted by atomic mass is 32.2. The second kappa shape index (κ2) is 12.1. The first-order valence-corrected chi connectivity index (χ1v) is 15.7. The van der Waals surface area contributed by atoms with Crippen molar-refractivity contribution in [2.45, 2.75) is 34.8 Å². The number of nitrogens with zero attached hydrogens (tertiary/aromatic N) is 2. The summed E-state index contributed by atoms with van der Waals surface area (Å²) in [5.41, 5.74) is 4.44. The molecular formula is C33H28FN3O4S2. The summed E-state index contributed by atoms with van der Waals surface area (Å²) in [4.78, 5) is 1.31. The van der Waals surface area contributed by atoms with Crippen molar-refractivity contribution >= 4 is 32.7 Å². The Hall–Kier alpha value is -4.38. The molecule has 0 radical (unpaired) electrons. The van der Waals surface area contributed by atoms with Gasteiger partial charge in [0.15, 0.2) is 0 Å². The lowest BCUT2D eigenvalue weighted by molar-refractivity contribution is 0.106. The van der Waals surface area contributed by atoms with Crippen molar-refractivity contribution in [3.63, 3.8) is 0 Å². The lowest BCUT2D eigenvalue weighted by Gasteiger charge is -2.15. The van der Waals surface area contributed by atoms with Gasteiger partial charge in [0.2, 0.25) is 0 Å². The van der Waals surface area contributed by atoms with E-state index in [1.165, 1.54) is 24.0 Å². The molecule has 43 heavy (non-hydrogen) atoms. The number of halogens is 1. The van der Waals surface area contributed by atoms with Crippen LogP contribution >= 0.6 is 11.8 Å². The smallest absolute Gasteiger partial charge is 0.268 e. The molecule has 0 aliphatic heterocycles. The summed E-state index contributed by atoms with van der Waals surface area (Å²) in [5.74, 6) is 0.203. The zero-order chi connectivity index (χ0) is 30.0. The zero-order valence-corrected chi connectivity index (χ0v) is 25.1. The molecule has 0 bridgehead atoms. The molecule has 0 aliphatic carbocycles. The molecule has 10 heteroatoms. The van der Waals surface area contributed by atoms with Gasteiger partial charge in [-0.15, -0.1) is 0 Å². The molecule has 0 aliphatic rings. The summed E-state index contributed by atoms with van der Waals surface area (Å²) >= 11 is 1.27. The molecule has 7 nitrogen and oxygen atoms in total. The molecule has 6 rings (SSSR count). The van der Waals surface area contributed by atoms with Crippen molar-refractivity contribution in [3.05, 3.63) is 126 Å². The number of hydrogen-bond acceptors (Lipinski definition) is 6.